The maximum absolute atomic E-state index is 2.56. The fraction of sp³-hybridized carbons (Fsp3) is 0.800. The Morgan fingerprint density at radius 3 is 2.82 bits per heavy atom. The molecule has 1 heteroatoms. The van der Waals surface area contributed by atoms with E-state index in [9.17, 15) is 0 Å². The third-order valence-electron chi connectivity index (χ3n) is 3.06. The maximum Gasteiger partial charge on any atom is 0.0292 e. The van der Waals surface area contributed by atoms with Crippen molar-refractivity contribution in [1.82, 2.24) is 0 Å². The molecule has 0 N–H and O–H groups in total. The summed E-state index contributed by atoms with van der Waals surface area (Å²) < 4.78 is 0.826. The monoisotopic (exact) mass is 262 g/mol. The zero-order chi connectivity index (χ0) is 7.68. The molecule has 0 amide bonds. The number of alkyl halides is 1. The van der Waals surface area contributed by atoms with Crippen molar-refractivity contribution in [3.05, 3.63) is 12.2 Å². The van der Waals surface area contributed by atoms with Gasteiger partial charge < -0.3 is 0 Å². The molecule has 0 nitrogen and oxygen atoms in total. The summed E-state index contributed by atoms with van der Waals surface area (Å²) in [4.78, 5) is 0. The molecule has 0 saturated heterocycles. The van der Waals surface area contributed by atoms with Crippen LogP contribution in [0.3, 0.4) is 0 Å². The van der Waals surface area contributed by atoms with Crippen LogP contribution in [0.15, 0.2) is 12.2 Å². The van der Waals surface area contributed by atoms with E-state index in [4.69, 9.17) is 0 Å². The van der Waals surface area contributed by atoms with Gasteiger partial charge in [0.1, 0.15) is 0 Å². The van der Waals surface area contributed by atoms with Gasteiger partial charge in [-0.15, -0.1) is 0 Å². The average molecular weight is 262 g/mol. The van der Waals surface area contributed by atoms with E-state index in [1.165, 1.54) is 32.1 Å². The molecule has 2 rings (SSSR count). The van der Waals surface area contributed by atoms with Gasteiger partial charge in [-0.05, 0) is 31.1 Å². The van der Waals surface area contributed by atoms with Crippen molar-refractivity contribution in [3.63, 3.8) is 0 Å². The lowest BCUT2D eigenvalue weighted by Gasteiger charge is -2.33. The lowest BCUT2D eigenvalue weighted by Crippen LogP contribution is -2.23. The predicted octanol–water partition coefficient (Wildman–Crippen LogP) is 3.56. The summed E-state index contributed by atoms with van der Waals surface area (Å²) in [6.07, 6.45) is 12.2. The molecule has 0 radical (unpaired) electrons. The quantitative estimate of drug-likeness (QED) is 0.356. The summed E-state index contributed by atoms with van der Waals surface area (Å²) in [5.74, 6) is 1.99. The van der Waals surface area contributed by atoms with Crippen LogP contribution < -0.4 is 0 Å². The second-order valence-corrected chi connectivity index (χ2v) is 5.44. The molecular weight excluding hydrogens is 247 g/mol. The third-order valence-corrected chi connectivity index (χ3v) is 3.99. The molecule has 0 spiro atoms. The highest BCUT2D eigenvalue weighted by molar-refractivity contribution is 14.1. The van der Waals surface area contributed by atoms with Crippen molar-refractivity contribution in [1.29, 1.82) is 0 Å². The van der Waals surface area contributed by atoms with E-state index in [0.29, 0.717) is 0 Å². The van der Waals surface area contributed by atoms with E-state index in [0.717, 1.165) is 15.8 Å². The summed E-state index contributed by atoms with van der Waals surface area (Å²) >= 11 is 2.56. The van der Waals surface area contributed by atoms with Crippen molar-refractivity contribution in [2.45, 2.75) is 36.0 Å². The van der Waals surface area contributed by atoms with Gasteiger partial charge in [-0.2, -0.15) is 0 Å². The molecule has 0 aromatic heterocycles. The fourth-order valence-corrected chi connectivity index (χ4v) is 3.31. The fourth-order valence-electron chi connectivity index (χ4n) is 2.41. The Morgan fingerprint density at radius 2 is 1.91 bits per heavy atom. The first-order valence-corrected chi connectivity index (χ1v) is 5.93. The Bertz CT molecular complexity index is 162. The molecule has 0 aliphatic heterocycles. The normalized spacial score (nSPS) is 43.5. The highest BCUT2D eigenvalue weighted by Gasteiger charge is 2.27. The zero-order valence-corrected chi connectivity index (χ0v) is 8.96. The second-order valence-electron chi connectivity index (χ2n) is 3.84. The van der Waals surface area contributed by atoms with E-state index in [2.05, 4.69) is 34.7 Å². The number of hydrogen-bond donors (Lipinski definition) is 0. The molecule has 0 heterocycles. The van der Waals surface area contributed by atoms with Crippen molar-refractivity contribution in [2.24, 2.45) is 11.8 Å². The summed E-state index contributed by atoms with van der Waals surface area (Å²) in [6, 6.07) is 0. The predicted molar refractivity (Wildman–Crippen MR) is 57.0 cm³/mol. The Labute approximate surface area is 82.6 Å². The van der Waals surface area contributed by atoms with Crippen LogP contribution in [0.4, 0.5) is 0 Å². The van der Waals surface area contributed by atoms with Crippen LogP contribution in [-0.4, -0.2) is 3.92 Å². The van der Waals surface area contributed by atoms with Crippen molar-refractivity contribution in [3.8, 4) is 0 Å². The molecule has 2 aliphatic rings. The summed E-state index contributed by atoms with van der Waals surface area (Å²) in [7, 11) is 0. The Hall–Kier alpha value is 0.470. The minimum Gasteiger partial charge on any atom is -0.0841 e. The number of fused-ring (bicyclic) bond motifs is 1. The number of allylic oxidation sites excluding steroid dienone is 2. The molecule has 3 unspecified atom stereocenters. The van der Waals surface area contributed by atoms with Gasteiger partial charge in [-0.25, -0.2) is 0 Å². The molecule has 1 saturated carbocycles. The van der Waals surface area contributed by atoms with E-state index in [1.807, 2.05) is 0 Å². The lowest BCUT2D eigenvalue weighted by atomic mass is 9.74. The van der Waals surface area contributed by atoms with Gasteiger partial charge in [0.2, 0.25) is 0 Å². The highest BCUT2D eigenvalue weighted by Crippen LogP contribution is 2.38. The van der Waals surface area contributed by atoms with Crippen LogP contribution in [-0.2, 0) is 0 Å². The first-order valence-electron chi connectivity index (χ1n) is 4.68. The van der Waals surface area contributed by atoms with Crippen LogP contribution in [0, 0.1) is 11.8 Å². The van der Waals surface area contributed by atoms with Crippen molar-refractivity contribution in [2.75, 3.05) is 0 Å². The van der Waals surface area contributed by atoms with Gasteiger partial charge in [0.15, 0.2) is 0 Å². The SMILES string of the molecule is IC1C=CC2CCCCC2C1. The summed E-state index contributed by atoms with van der Waals surface area (Å²) in [6.45, 7) is 0. The average Bonchev–Trinajstić information content (AvgIpc) is 2.04. The first-order chi connectivity index (χ1) is 5.36. The maximum atomic E-state index is 2.56. The summed E-state index contributed by atoms with van der Waals surface area (Å²) in [5.41, 5.74) is 0. The summed E-state index contributed by atoms with van der Waals surface area (Å²) in [5, 5.41) is 0. The number of hydrogen-bond acceptors (Lipinski definition) is 0. The van der Waals surface area contributed by atoms with Crippen LogP contribution in [0.5, 0.6) is 0 Å². The number of halogens is 1. The van der Waals surface area contributed by atoms with Gasteiger partial charge in [-0.1, -0.05) is 47.6 Å². The lowest BCUT2D eigenvalue weighted by molar-refractivity contribution is 0.264. The molecule has 62 valence electrons. The minimum absolute atomic E-state index is 0.826. The molecule has 2 aliphatic carbocycles. The van der Waals surface area contributed by atoms with Gasteiger partial charge in [-0.3, -0.25) is 0 Å². The van der Waals surface area contributed by atoms with Crippen molar-refractivity contribution >= 4 is 22.6 Å². The van der Waals surface area contributed by atoms with Gasteiger partial charge in [0, 0.05) is 3.92 Å². The minimum atomic E-state index is 0.826. The van der Waals surface area contributed by atoms with Gasteiger partial charge in [0.05, 0.1) is 0 Å². The van der Waals surface area contributed by atoms with E-state index in [1.54, 1.807) is 0 Å². The van der Waals surface area contributed by atoms with Crippen LogP contribution in [0.1, 0.15) is 32.1 Å². The molecule has 0 aromatic carbocycles. The smallest absolute Gasteiger partial charge is 0.0292 e. The molecule has 3 atom stereocenters. The van der Waals surface area contributed by atoms with E-state index in [-0.39, 0.29) is 0 Å². The van der Waals surface area contributed by atoms with Crippen molar-refractivity contribution < 1.29 is 0 Å². The molecule has 1 fully saturated rings. The standard InChI is InChI=1S/C10H15I/c11-10-6-5-8-3-1-2-4-9(8)7-10/h5-6,8-10H,1-4,7H2. The molecule has 0 aromatic rings. The molecule has 0 bridgehead atoms. The van der Waals surface area contributed by atoms with Crippen LogP contribution in [0.25, 0.3) is 0 Å². The van der Waals surface area contributed by atoms with Crippen LogP contribution in [0.2, 0.25) is 0 Å². The Kier molecular flexibility index (Phi) is 2.54. The van der Waals surface area contributed by atoms with Gasteiger partial charge >= 0.3 is 0 Å². The van der Waals surface area contributed by atoms with E-state index < -0.39 is 0 Å². The number of rotatable bonds is 0. The van der Waals surface area contributed by atoms with Gasteiger partial charge in [0.25, 0.3) is 0 Å². The first kappa shape index (κ1) is 8.09. The Balaban J connectivity index is 2.05. The second kappa shape index (κ2) is 3.46. The zero-order valence-electron chi connectivity index (χ0n) is 6.80. The molecule has 11 heavy (non-hydrogen) atoms. The molecular formula is C10H15I. The Morgan fingerprint density at radius 1 is 1.09 bits per heavy atom. The van der Waals surface area contributed by atoms with E-state index >= 15 is 0 Å². The largest absolute Gasteiger partial charge is 0.0841 e. The highest BCUT2D eigenvalue weighted by atomic mass is 127. The topological polar surface area (TPSA) is 0 Å². The third kappa shape index (κ3) is 1.79. The van der Waals surface area contributed by atoms with Crippen LogP contribution >= 0.6 is 22.6 Å².